The third kappa shape index (κ3) is 2.18. The van der Waals surface area contributed by atoms with E-state index in [-0.39, 0.29) is 11.3 Å². The van der Waals surface area contributed by atoms with Gasteiger partial charge in [-0.1, -0.05) is 5.21 Å². The first-order valence-corrected chi connectivity index (χ1v) is 6.03. The van der Waals surface area contributed by atoms with E-state index in [0.29, 0.717) is 16.8 Å². The number of carbonyl (C=O) groups is 1. The lowest BCUT2D eigenvalue weighted by atomic mass is 10.2. The maximum atomic E-state index is 14.1. The molecule has 6 nitrogen and oxygen atoms in total. The van der Waals surface area contributed by atoms with Crippen LogP contribution in [0.2, 0.25) is 0 Å². The number of fused-ring (bicyclic) bond motifs is 1. The number of methoxy groups -OCH3 is 1. The number of carboxylic acids is 1. The lowest BCUT2D eigenvalue weighted by molar-refractivity contribution is 0.0696. The molecule has 0 saturated carbocycles. The van der Waals surface area contributed by atoms with Crippen molar-refractivity contribution < 1.29 is 19.0 Å². The Labute approximate surface area is 118 Å². The van der Waals surface area contributed by atoms with E-state index in [1.165, 1.54) is 23.9 Å². The van der Waals surface area contributed by atoms with Crippen LogP contribution in [0.15, 0.2) is 36.4 Å². The highest BCUT2D eigenvalue weighted by Crippen LogP contribution is 2.23. The van der Waals surface area contributed by atoms with Crippen molar-refractivity contribution in [1.82, 2.24) is 15.0 Å². The standard InChI is InChI=1S/C14H10FN3O3/c1-21-9-3-5-13-11(7-9)16-17-18(13)12-4-2-8(14(19)20)6-10(12)15/h2-7H,1H3,(H,19,20). The van der Waals surface area contributed by atoms with Gasteiger partial charge in [-0.2, -0.15) is 0 Å². The molecule has 2 aromatic carbocycles. The smallest absolute Gasteiger partial charge is 0.335 e. The van der Waals surface area contributed by atoms with Crippen LogP contribution in [0.25, 0.3) is 16.7 Å². The molecule has 106 valence electrons. The summed E-state index contributed by atoms with van der Waals surface area (Å²) < 4.78 is 20.5. The van der Waals surface area contributed by atoms with Crippen LogP contribution in [-0.4, -0.2) is 33.2 Å². The highest BCUT2D eigenvalue weighted by atomic mass is 19.1. The topological polar surface area (TPSA) is 77.2 Å². The molecule has 0 aliphatic heterocycles. The van der Waals surface area contributed by atoms with E-state index in [4.69, 9.17) is 9.84 Å². The summed E-state index contributed by atoms with van der Waals surface area (Å²) in [6, 6.07) is 8.73. The number of hydrogen-bond donors (Lipinski definition) is 1. The molecule has 21 heavy (non-hydrogen) atoms. The molecule has 1 aromatic heterocycles. The average molecular weight is 287 g/mol. The van der Waals surface area contributed by atoms with E-state index in [1.54, 1.807) is 18.2 Å². The van der Waals surface area contributed by atoms with Crippen LogP contribution in [0.1, 0.15) is 10.4 Å². The highest BCUT2D eigenvalue weighted by Gasteiger charge is 2.13. The Morgan fingerprint density at radius 2 is 2.10 bits per heavy atom. The van der Waals surface area contributed by atoms with Gasteiger partial charge in [0.1, 0.15) is 22.8 Å². The van der Waals surface area contributed by atoms with Gasteiger partial charge in [-0.05, 0) is 30.3 Å². The third-order valence-electron chi connectivity index (χ3n) is 3.08. The Kier molecular flexibility index (Phi) is 3.02. The average Bonchev–Trinajstić information content (AvgIpc) is 2.89. The van der Waals surface area contributed by atoms with Crippen molar-refractivity contribution in [1.29, 1.82) is 0 Å². The van der Waals surface area contributed by atoms with Crippen LogP contribution in [0.4, 0.5) is 4.39 Å². The van der Waals surface area contributed by atoms with Gasteiger partial charge in [-0.25, -0.2) is 13.9 Å². The molecule has 0 atom stereocenters. The molecule has 0 aliphatic carbocycles. The minimum atomic E-state index is -1.19. The SMILES string of the molecule is COc1ccc2c(c1)nnn2-c1ccc(C(=O)O)cc1F. The Morgan fingerprint density at radius 1 is 1.29 bits per heavy atom. The van der Waals surface area contributed by atoms with E-state index in [2.05, 4.69) is 10.3 Å². The highest BCUT2D eigenvalue weighted by molar-refractivity contribution is 5.88. The Balaban J connectivity index is 2.14. The van der Waals surface area contributed by atoms with Crippen molar-refractivity contribution in [2.45, 2.75) is 0 Å². The molecule has 7 heteroatoms. The quantitative estimate of drug-likeness (QED) is 0.799. The third-order valence-corrected chi connectivity index (χ3v) is 3.08. The number of aromatic nitrogens is 3. The molecule has 3 rings (SSSR count). The Bertz CT molecular complexity index is 845. The first kappa shape index (κ1) is 13.0. The molecule has 0 spiro atoms. The van der Waals surface area contributed by atoms with E-state index >= 15 is 0 Å². The predicted molar refractivity (Wildman–Crippen MR) is 72.3 cm³/mol. The van der Waals surface area contributed by atoms with Gasteiger partial charge in [-0.15, -0.1) is 5.10 Å². The number of ether oxygens (including phenoxy) is 1. The van der Waals surface area contributed by atoms with Crippen molar-refractivity contribution in [2.24, 2.45) is 0 Å². The maximum Gasteiger partial charge on any atom is 0.335 e. The van der Waals surface area contributed by atoms with Gasteiger partial charge in [-0.3, -0.25) is 0 Å². The lowest BCUT2D eigenvalue weighted by Gasteiger charge is -2.05. The summed E-state index contributed by atoms with van der Waals surface area (Å²) in [5, 5.41) is 16.7. The van der Waals surface area contributed by atoms with Gasteiger partial charge in [0.15, 0.2) is 0 Å². The zero-order chi connectivity index (χ0) is 15.0. The van der Waals surface area contributed by atoms with Gasteiger partial charge in [0, 0.05) is 6.07 Å². The van der Waals surface area contributed by atoms with Crippen LogP contribution < -0.4 is 4.74 Å². The van der Waals surface area contributed by atoms with E-state index in [0.717, 1.165) is 6.07 Å². The minimum Gasteiger partial charge on any atom is -0.497 e. The fraction of sp³-hybridized carbons (Fsp3) is 0.0714. The number of benzene rings is 2. The van der Waals surface area contributed by atoms with E-state index in [9.17, 15) is 9.18 Å². The van der Waals surface area contributed by atoms with Crippen LogP contribution in [0.3, 0.4) is 0 Å². The van der Waals surface area contributed by atoms with Gasteiger partial charge in [0.05, 0.1) is 18.2 Å². The monoisotopic (exact) mass is 287 g/mol. The van der Waals surface area contributed by atoms with Crippen LogP contribution in [0, 0.1) is 5.82 Å². The summed E-state index contributed by atoms with van der Waals surface area (Å²) in [4.78, 5) is 10.8. The summed E-state index contributed by atoms with van der Waals surface area (Å²) in [5.74, 6) is -1.25. The number of carboxylic acid groups (broad SMARTS) is 1. The van der Waals surface area contributed by atoms with Gasteiger partial charge < -0.3 is 9.84 Å². The molecular formula is C14H10FN3O3. The molecule has 1 heterocycles. The van der Waals surface area contributed by atoms with Crippen LogP contribution in [0.5, 0.6) is 5.75 Å². The number of hydrogen-bond acceptors (Lipinski definition) is 4. The van der Waals surface area contributed by atoms with Gasteiger partial charge in [0.2, 0.25) is 0 Å². The second kappa shape index (κ2) is 4.86. The van der Waals surface area contributed by atoms with Crippen molar-refractivity contribution >= 4 is 17.0 Å². The molecule has 0 unspecified atom stereocenters. The molecular weight excluding hydrogens is 277 g/mol. The summed E-state index contributed by atoms with van der Waals surface area (Å²) in [7, 11) is 1.54. The summed E-state index contributed by atoms with van der Waals surface area (Å²) in [5.41, 5.74) is 1.16. The Morgan fingerprint density at radius 3 is 2.76 bits per heavy atom. The first-order valence-electron chi connectivity index (χ1n) is 6.03. The maximum absolute atomic E-state index is 14.1. The lowest BCUT2D eigenvalue weighted by Crippen LogP contribution is -2.03. The number of rotatable bonds is 3. The molecule has 0 aliphatic rings. The zero-order valence-electron chi connectivity index (χ0n) is 10.9. The first-order chi connectivity index (χ1) is 10.1. The molecule has 0 amide bonds. The van der Waals surface area contributed by atoms with Crippen molar-refractivity contribution in [2.75, 3.05) is 7.11 Å². The molecule has 0 saturated heterocycles. The van der Waals surface area contributed by atoms with E-state index < -0.39 is 11.8 Å². The van der Waals surface area contributed by atoms with E-state index in [1.807, 2.05) is 0 Å². The van der Waals surface area contributed by atoms with Crippen molar-refractivity contribution in [3.8, 4) is 11.4 Å². The van der Waals surface area contributed by atoms with Gasteiger partial charge >= 0.3 is 5.97 Å². The number of halogens is 1. The second-order valence-corrected chi connectivity index (χ2v) is 4.33. The van der Waals surface area contributed by atoms with Crippen molar-refractivity contribution in [3.05, 3.63) is 47.8 Å². The molecule has 3 aromatic rings. The van der Waals surface area contributed by atoms with Crippen LogP contribution in [-0.2, 0) is 0 Å². The van der Waals surface area contributed by atoms with Crippen molar-refractivity contribution in [3.63, 3.8) is 0 Å². The summed E-state index contributed by atoms with van der Waals surface area (Å²) in [6.07, 6.45) is 0. The number of nitrogens with zero attached hydrogens (tertiary/aromatic N) is 3. The fourth-order valence-corrected chi connectivity index (χ4v) is 2.02. The van der Waals surface area contributed by atoms with Crippen LogP contribution >= 0.6 is 0 Å². The van der Waals surface area contributed by atoms with Gasteiger partial charge in [0.25, 0.3) is 0 Å². The predicted octanol–water partition coefficient (Wildman–Crippen LogP) is 2.27. The minimum absolute atomic E-state index is 0.123. The zero-order valence-corrected chi connectivity index (χ0v) is 10.9. The largest absolute Gasteiger partial charge is 0.497 e. The molecule has 1 N–H and O–H groups in total. The second-order valence-electron chi connectivity index (χ2n) is 4.33. The molecule has 0 fully saturated rings. The summed E-state index contributed by atoms with van der Waals surface area (Å²) >= 11 is 0. The Hall–Kier alpha value is -2.96. The normalized spacial score (nSPS) is 10.8. The molecule has 0 bridgehead atoms. The molecule has 0 radical (unpaired) electrons. The summed E-state index contributed by atoms with van der Waals surface area (Å²) in [6.45, 7) is 0. The fourth-order valence-electron chi connectivity index (χ4n) is 2.02. The number of aromatic carboxylic acids is 1.